The van der Waals surface area contributed by atoms with Gasteiger partial charge in [-0.1, -0.05) is 0 Å². The predicted molar refractivity (Wildman–Crippen MR) is 64.5 cm³/mol. The lowest BCUT2D eigenvalue weighted by Crippen LogP contribution is -2.38. The fourth-order valence-electron chi connectivity index (χ4n) is 2.96. The van der Waals surface area contributed by atoms with E-state index in [4.69, 9.17) is 5.73 Å². The van der Waals surface area contributed by atoms with Gasteiger partial charge in [0.1, 0.15) is 0 Å². The minimum atomic E-state index is -0.0146. The summed E-state index contributed by atoms with van der Waals surface area (Å²) >= 11 is 1.88. The molecule has 1 saturated heterocycles. The predicted octanol–water partition coefficient (Wildman–Crippen LogP) is 1.52. The van der Waals surface area contributed by atoms with Gasteiger partial charge >= 0.3 is 0 Å². The van der Waals surface area contributed by atoms with Gasteiger partial charge in [-0.25, -0.2) is 0 Å². The SMILES string of the molecule is Cc1sc2c(c1C)C1C(N)CC(=O)N1CC2. The van der Waals surface area contributed by atoms with Crippen LogP contribution in [0.5, 0.6) is 0 Å². The van der Waals surface area contributed by atoms with Gasteiger partial charge in [0.2, 0.25) is 5.91 Å². The number of aryl methyl sites for hydroxylation is 1. The van der Waals surface area contributed by atoms with Crippen molar-refractivity contribution in [3.8, 4) is 0 Å². The zero-order valence-electron chi connectivity index (χ0n) is 9.62. The van der Waals surface area contributed by atoms with Crippen LogP contribution in [0.3, 0.4) is 0 Å². The lowest BCUT2D eigenvalue weighted by molar-refractivity contribution is -0.129. The molecule has 86 valence electrons. The summed E-state index contributed by atoms with van der Waals surface area (Å²) in [7, 11) is 0. The largest absolute Gasteiger partial charge is 0.334 e. The van der Waals surface area contributed by atoms with Crippen LogP contribution < -0.4 is 5.73 Å². The van der Waals surface area contributed by atoms with E-state index in [9.17, 15) is 4.79 Å². The second-order valence-electron chi connectivity index (χ2n) is 4.77. The Balaban J connectivity index is 2.14. The number of thiophene rings is 1. The molecule has 0 bridgehead atoms. The van der Waals surface area contributed by atoms with Crippen molar-refractivity contribution >= 4 is 17.2 Å². The van der Waals surface area contributed by atoms with Crippen LogP contribution in [0.4, 0.5) is 0 Å². The molecular weight excluding hydrogens is 220 g/mol. The first-order chi connectivity index (χ1) is 7.59. The summed E-state index contributed by atoms with van der Waals surface area (Å²) in [6, 6.07) is 0.139. The maximum atomic E-state index is 11.8. The Morgan fingerprint density at radius 2 is 2.19 bits per heavy atom. The molecule has 1 aromatic heterocycles. The zero-order chi connectivity index (χ0) is 11.4. The molecule has 0 spiro atoms. The van der Waals surface area contributed by atoms with Crippen LogP contribution >= 0.6 is 11.3 Å². The fourth-order valence-corrected chi connectivity index (χ4v) is 4.17. The van der Waals surface area contributed by atoms with Gasteiger partial charge in [0.05, 0.1) is 6.04 Å². The van der Waals surface area contributed by atoms with Gasteiger partial charge in [-0.2, -0.15) is 0 Å². The van der Waals surface area contributed by atoms with Crippen LogP contribution in [0.1, 0.15) is 33.3 Å². The molecular formula is C12H16N2OS. The van der Waals surface area contributed by atoms with Crippen LogP contribution in [0, 0.1) is 13.8 Å². The van der Waals surface area contributed by atoms with Crippen LogP contribution in [-0.4, -0.2) is 23.4 Å². The molecule has 2 atom stereocenters. The standard InChI is InChI=1S/C12H16N2OS/c1-6-7(2)16-9-3-4-14-10(15)5-8(13)12(14)11(6)9/h8,12H,3-5,13H2,1-2H3. The molecule has 1 amide bonds. The molecule has 2 aliphatic rings. The molecule has 2 aliphatic heterocycles. The van der Waals surface area contributed by atoms with Gasteiger partial charge in [0.15, 0.2) is 0 Å². The highest BCUT2D eigenvalue weighted by molar-refractivity contribution is 7.12. The first-order valence-corrected chi connectivity index (χ1v) is 6.55. The van der Waals surface area contributed by atoms with Crippen molar-refractivity contribution in [2.75, 3.05) is 6.54 Å². The van der Waals surface area contributed by atoms with E-state index >= 15 is 0 Å². The van der Waals surface area contributed by atoms with E-state index < -0.39 is 0 Å². The Kier molecular flexibility index (Phi) is 2.13. The summed E-state index contributed by atoms with van der Waals surface area (Å²) < 4.78 is 0. The summed E-state index contributed by atoms with van der Waals surface area (Å²) in [4.78, 5) is 16.6. The number of carbonyl (C=O) groups excluding carboxylic acids is 1. The molecule has 3 heterocycles. The maximum absolute atomic E-state index is 11.8. The van der Waals surface area contributed by atoms with E-state index in [2.05, 4.69) is 13.8 Å². The molecule has 16 heavy (non-hydrogen) atoms. The van der Waals surface area contributed by atoms with Crippen LogP contribution in [-0.2, 0) is 11.2 Å². The van der Waals surface area contributed by atoms with Crippen molar-refractivity contribution in [3.63, 3.8) is 0 Å². The summed E-state index contributed by atoms with van der Waals surface area (Å²) in [5, 5.41) is 0. The molecule has 3 rings (SSSR count). The summed E-state index contributed by atoms with van der Waals surface area (Å²) in [6.07, 6.45) is 1.52. The second kappa shape index (κ2) is 3.31. The van der Waals surface area contributed by atoms with E-state index in [1.165, 1.54) is 20.9 Å². The number of amides is 1. The third-order valence-electron chi connectivity index (χ3n) is 3.86. The number of hydrogen-bond acceptors (Lipinski definition) is 3. The molecule has 4 heteroatoms. The smallest absolute Gasteiger partial charge is 0.224 e. The number of hydrogen-bond donors (Lipinski definition) is 1. The summed E-state index contributed by atoms with van der Waals surface area (Å²) in [5.74, 6) is 0.228. The Morgan fingerprint density at radius 3 is 2.94 bits per heavy atom. The quantitative estimate of drug-likeness (QED) is 0.742. The summed E-state index contributed by atoms with van der Waals surface area (Å²) in [5.41, 5.74) is 8.82. The topological polar surface area (TPSA) is 46.3 Å². The number of nitrogens with zero attached hydrogens (tertiary/aromatic N) is 1. The maximum Gasteiger partial charge on any atom is 0.224 e. The lowest BCUT2D eigenvalue weighted by Gasteiger charge is -2.32. The van der Waals surface area contributed by atoms with Crippen molar-refractivity contribution in [2.24, 2.45) is 5.73 Å². The van der Waals surface area contributed by atoms with Crippen molar-refractivity contribution < 1.29 is 4.79 Å². The highest BCUT2D eigenvalue weighted by atomic mass is 32.1. The number of rotatable bonds is 0. The molecule has 3 nitrogen and oxygen atoms in total. The average molecular weight is 236 g/mol. The van der Waals surface area contributed by atoms with Crippen molar-refractivity contribution in [3.05, 3.63) is 20.9 Å². The van der Waals surface area contributed by atoms with Gasteiger partial charge < -0.3 is 10.6 Å². The first kappa shape index (κ1) is 10.3. The van der Waals surface area contributed by atoms with E-state index in [1.54, 1.807) is 0 Å². The van der Waals surface area contributed by atoms with E-state index in [-0.39, 0.29) is 18.0 Å². The fraction of sp³-hybridized carbons (Fsp3) is 0.583. The van der Waals surface area contributed by atoms with Gasteiger partial charge in [0.25, 0.3) is 0 Å². The Bertz CT molecular complexity index is 466. The minimum Gasteiger partial charge on any atom is -0.334 e. The Hall–Kier alpha value is -0.870. The van der Waals surface area contributed by atoms with Gasteiger partial charge in [-0.05, 0) is 31.4 Å². The second-order valence-corrected chi connectivity index (χ2v) is 6.08. The highest BCUT2D eigenvalue weighted by Gasteiger charge is 2.43. The number of nitrogens with two attached hydrogens (primary N) is 1. The summed E-state index contributed by atoms with van der Waals surface area (Å²) in [6.45, 7) is 5.16. The van der Waals surface area contributed by atoms with E-state index in [0.29, 0.717) is 6.42 Å². The molecule has 0 aliphatic carbocycles. The van der Waals surface area contributed by atoms with Crippen LogP contribution in [0.2, 0.25) is 0 Å². The van der Waals surface area contributed by atoms with Crippen molar-refractivity contribution in [1.29, 1.82) is 0 Å². The van der Waals surface area contributed by atoms with Gasteiger partial charge in [-0.3, -0.25) is 4.79 Å². The van der Waals surface area contributed by atoms with Crippen LogP contribution in [0.15, 0.2) is 0 Å². The Morgan fingerprint density at radius 1 is 1.44 bits per heavy atom. The third kappa shape index (κ3) is 1.20. The first-order valence-electron chi connectivity index (χ1n) is 5.73. The van der Waals surface area contributed by atoms with E-state index in [0.717, 1.165) is 13.0 Å². The molecule has 1 fully saturated rings. The average Bonchev–Trinajstić information content (AvgIpc) is 2.68. The highest BCUT2D eigenvalue weighted by Crippen LogP contribution is 2.43. The Labute approximate surface area is 99.2 Å². The van der Waals surface area contributed by atoms with Crippen molar-refractivity contribution in [1.82, 2.24) is 4.90 Å². The van der Waals surface area contributed by atoms with Crippen molar-refractivity contribution in [2.45, 2.75) is 38.8 Å². The number of fused-ring (bicyclic) bond motifs is 3. The normalized spacial score (nSPS) is 28.2. The molecule has 1 aromatic rings. The number of carbonyl (C=O) groups is 1. The molecule has 2 unspecified atom stereocenters. The van der Waals surface area contributed by atoms with Crippen LogP contribution in [0.25, 0.3) is 0 Å². The zero-order valence-corrected chi connectivity index (χ0v) is 10.4. The van der Waals surface area contributed by atoms with Gasteiger partial charge in [0, 0.05) is 28.8 Å². The van der Waals surface area contributed by atoms with E-state index in [1.807, 2.05) is 16.2 Å². The van der Waals surface area contributed by atoms with Gasteiger partial charge in [-0.15, -0.1) is 11.3 Å². The monoisotopic (exact) mass is 236 g/mol. The minimum absolute atomic E-state index is 0.0146. The molecule has 2 N–H and O–H groups in total. The third-order valence-corrected chi connectivity index (χ3v) is 5.14. The lowest BCUT2D eigenvalue weighted by atomic mass is 9.93. The molecule has 0 saturated carbocycles. The molecule has 0 aromatic carbocycles. The molecule has 0 radical (unpaired) electrons.